The first kappa shape index (κ1) is 11.6. The molecule has 0 amide bonds. The summed E-state index contributed by atoms with van der Waals surface area (Å²) in [6.45, 7) is 4.99. The molecule has 0 fully saturated rings. The van der Waals surface area contributed by atoms with E-state index in [4.69, 9.17) is 10.5 Å². The third-order valence-corrected chi connectivity index (χ3v) is 2.58. The second-order valence-corrected chi connectivity index (χ2v) is 3.66. The molecule has 0 aliphatic heterocycles. The van der Waals surface area contributed by atoms with E-state index in [0.717, 1.165) is 22.8 Å². The van der Waals surface area contributed by atoms with E-state index in [1.807, 2.05) is 38.1 Å². The fraction of sp³-hybridized carbons (Fsp3) is 0.333. The molecule has 1 aromatic heterocycles. The van der Waals surface area contributed by atoms with Gasteiger partial charge in [0.15, 0.2) is 0 Å². The fourth-order valence-electron chi connectivity index (χ4n) is 1.64. The van der Waals surface area contributed by atoms with Crippen LogP contribution in [-0.2, 0) is 6.54 Å². The first-order valence-electron chi connectivity index (χ1n) is 5.60. The van der Waals surface area contributed by atoms with E-state index in [9.17, 15) is 0 Å². The zero-order chi connectivity index (χ0) is 12.3. The quantitative estimate of drug-likeness (QED) is 0.866. The van der Waals surface area contributed by atoms with Gasteiger partial charge in [-0.15, -0.1) is 5.10 Å². The summed E-state index contributed by atoms with van der Waals surface area (Å²) in [5.74, 6) is 0.855. The van der Waals surface area contributed by atoms with Crippen molar-refractivity contribution in [3.63, 3.8) is 0 Å². The van der Waals surface area contributed by atoms with Crippen LogP contribution < -0.4 is 10.5 Å². The molecule has 0 atom stereocenters. The molecule has 0 saturated carbocycles. The predicted octanol–water partition coefficient (Wildman–Crippen LogP) is 1.43. The van der Waals surface area contributed by atoms with E-state index in [1.54, 1.807) is 4.68 Å². The van der Waals surface area contributed by atoms with Crippen molar-refractivity contribution < 1.29 is 4.74 Å². The van der Waals surface area contributed by atoms with Crippen molar-refractivity contribution in [2.24, 2.45) is 5.73 Å². The summed E-state index contributed by atoms with van der Waals surface area (Å²) >= 11 is 0. The smallest absolute Gasteiger partial charge is 0.119 e. The van der Waals surface area contributed by atoms with Crippen LogP contribution in [0.5, 0.6) is 5.75 Å². The standard InChI is InChI=1S/C12H16N4O/c1-3-17-11-6-4-10(5-7-11)16-9(2)12(8-13)14-15-16/h4-7H,3,8,13H2,1-2H3. The molecule has 5 heteroatoms. The third kappa shape index (κ3) is 2.29. The van der Waals surface area contributed by atoms with Crippen molar-refractivity contribution in [3.8, 4) is 11.4 Å². The number of hydrogen-bond donors (Lipinski definition) is 1. The molecular weight excluding hydrogens is 216 g/mol. The van der Waals surface area contributed by atoms with Crippen molar-refractivity contribution in [3.05, 3.63) is 35.7 Å². The lowest BCUT2D eigenvalue weighted by atomic mass is 10.3. The maximum absolute atomic E-state index is 5.57. The highest BCUT2D eigenvalue weighted by atomic mass is 16.5. The minimum Gasteiger partial charge on any atom is -0.494 e. The van der Waals surface area contributed by atoms with E-state index >= 15 is 0 Å². The number of nitrogens with zero attached hydrogens (tertiary/aromatic N) is 3. The van der Waals surface area contributed by atoms with E-state index in [1.165, 1.54) is 0 Å². The fourth-order valence-corrected chi connectivity index (χ4v) is 1.64. The average Bonchev–Trinajstić information content (AvgIpc) is 2.72. The zero-order valence-electron chi connectivity index (χ0n) is 10.1. The molecule has 2 aromatic rings. The van der Waals surface area contributed by atoms with Gasteiger partial charge in [0.25, 0.3) is 0 Å². The van der Waals surface area contributed by atoms with Crippen LogP contribution in [0.3, 0.4) is 0 Å². The number of nitrogens with two attached hydrogens (primary N) is 1. The number of aromatic nitrogens is 3. The normalized spacial score (nSPS) is 10.5. The number of rotatable bonds is 4. The summed E-state index contributed by atoms with van der Waals surface area (Å²) in [6, 6.07) is 7.74. The Morgan fingerprint density at radius 1 is 1.29 bits per heavy atom. The van der Waals surface area contributed by atoms with Gasteiger partial charge in [-0.2, -0.15) is 0 Å². The van der Waals surface area contributed by atoms with Gasteiger partial charge in [-0.25, -0.2) is 4.68 Å². The summed E-state index contributed by atoms with van der Waals surface area (Å²) in [4.78, 5) is 0. The highest BCUT2D eigenvalue weighted by Gasteiger charge is 2.08. The molecule has 1 aromatic carbocycles. The molecule has 0 spiro atoms. The number of ether oxygens (including phenoxy) is 1. The van der Waals surface area contributed by atoms with Gasteiger partial charge in [-0.3, -0.25) is 0 Å². The van der Waals surface area contributed by atoms with E-state index in [-0.39, 0.29) is 0 Å². The molecule has 1 heterocycles. The lowest BCUT2D eigenvalue weighted by Crippen LogP contribution is -2.02. The molecule has 17 heavy (non-hydrogen) atoms. The van der Waals surface area contributed by atoms with Crippen LogP contribution in [0, 0.1) is 6.92 Å². The molecule has 0 saturated heterocycles. The van der Waals surface area contributed by atoms with Crippen molar-refractivity contribution in [2.75, 3.05) is 6.61 Å². The van der Waals surface area contributed by atoms with Crippen LogP contribution in [0.1, 0.15) is 18.3 Å². The largest absolute Gasteiger partial charge is 0.494 e. The lowest BCUT2D eigenvalue weighted by Gasteiger charge is -2.06. The van der Waals surface area contributed by atoms with E-state index < -0.39 is 0 Å². The van der Waals surface area contributed by atoms with E-state index in [2.05, 4.69) is 10.3 Å². The molecule has 0 aliphatic carbocycles. The molecule has 0 unspecified atom stereocenters. The lowest BCUT2D eigenvalue weighted by molar-refractivity contribution is 0.340. The minimum absolute atomic E-state index is 0.406. The Labute approximate surface area is 100 Å². The van der Waals surface area contributed by atoms with Gasteiger partial charge in [0.1, 0.15) is 5.75 Å². The Kier molecular flexibility index (Phi) is 3.39. The topological polar surface area (TPSA) is 66.0 Å². The summed E-state index contributed by atoms with van der Waals surface area (Å²) in [5, 5.41) is 8.10. The molecule has 0 bridgehead atoms. The predicted molar refractivity (Wildman–Crippen MR) is 65.2 cm³/mol. The van der Waals surface area contributed by atoms with Crippen LogP contribution in [0.4, 0.5) is 0 Å². The van der Waals surface area contributed by atoms with Gasteiger partial charge in [0.05, 0.1) is 23.7 Å². The maximum Gasteiger partial charge on any atom is 0.119 e. The Hall–Kier alpha value is -1.88. The van der Waals surface area contributed by atoms with Crippen LogP contribution in [0.25, 0.3) is 5.69 Å². The Morgan fingerprint density at radius 3 is 2.53 bits per heavy atom. The molecular formula is C12H16N4O. The molecule has 90 valence electrons. The van der Waals surface area contributed by atoms with Crippen molar-refractivity contribution >= 4 is 0 Å². The van der Waals surface area contributed by atoms with Gasteiger partial charge in [-0.05, 0) is 38.1 Å². The Morgan fingerprint density at radius 2 is 2.00 bits per heavy atom. The number of benzene rings is 1. The third-order valence-electron chi connectivity index (χ3n) is 2.58. The summed E-state index contributed by atoms with van der Waals surface area (Å²) < 4.78 is 7.16. The van der Waals surface area contributed by atoms with Gasteiger partial charge in [0, 0.05) is 6.54 Å². The Balaban J connectivity index is 2.30. The SMILES string of the molecule is CCOc1ccc(-n2nnc(CN)c2C)cc1. The van der Waals surface area contributed by atoms with Crippen molar-refractivity contribution in [2.45, 2.75) is 20.4 Å². The van der Waals surface area contributed by atoms with Gasteiger partial charge in [0.2, 0.25) is 0 Å². The summed E-state index contributed by atoms with van der Waals surface area (Å²) in [6.07, 6.45) is 0. The van der Waals surface area contributed by atoms with Gasteiger partial charge < -0.3 is 10.5 Å². The molecule has 5 nitrogen and oxygen atoms in total. The highest BCUT2D eigenvalue weighted by molar-refractivity contribution is 5.38. The maximum atomic E-state index is 5.57. The van der Waals surface area contributed by atoms with Gasteiger partial charge in [-0.1, -0.05) is 5.21 Å². The van der Waals surface area contributed by atoms with Crippen molar-refractivity contribution in [1.82, 2.24) is 15.0 Å². The van der Waals surface area contributed by atoms with E-state index in [0.29, 0.717) is 13.2 Å². The number of hydrogen-bond acceptors (Lipinski definition) is 4. The Bertz CT molecular complexity index is 490. The molecule has 2 rings (SSSR count). The van der Waals surface area contributed by atoms with Crippen LogP contribution in [0.15, 0.2) is 24.3 Å². The second-order valence-electron chi connectivity index (χ2n) is 3.66. The minimum atomic E-state index is 0.406. The average molecular weight is 232 g/mol. The molecule has 0 radical (unpaired) electrons. The van der Waals surface area contributed by atoms with Crippen LogP contribution in [-0.4, -0.2) is 21.6 Å². The van der Waals surface area contributed by atoms with Crippen LogP contribution in [0.2, 0.25) is 0 Å². The first-order chi connectivity index (χ1) is 8.26. The monoisotopic (exact) mass is 232 g/mol. The molecule has 0 aliphatic rings. The second kappa shape index (κ2) is 4.97. The molecule has 2 N–H and O–H groups in total. The first-order valence-corrected chi connectivity index (χ1v) is 5.60. The zero-order valence-corrected chi connectivity index (χ0v) is 10.1. The summed E-state index contributed by atoms with van der Waals surface area (Å²) in [5.41, 5.74) is 8.31. The van der Waals surface area contributed by atoms with Crippen molar-refractivity contribution in [1.29, 1.82) is 0 Å². The highest BCUT2D eigenvalue weighted by Crippen LogP contribution is 2.16. The summed E-state index contributed by atoms with van der Waals surface area (Å²) in [7, 11) is 0. The van der Waals surface area contributed by atoms with Crippen LogP contribution >= 0.6 is 0 Å². The van der Waals surface area contributed by atoms with Gasteiger partial charge >= 0.3 is 0 Å².